The monoisotopic (exact) mass is 492 g/mol. The molecule has 0 aliphatic heterocycles. The second-order valence-electron chi connectivity index (χ2n) is 9.19. The molecular weight excluding hydrogens is 467 g/mol. The van der Waals surface area contributed by atoms with Crippen LogP contribution in [-0.2, 0) is 0 Å². The SMILES string of the molecule is CN(C)CCNc1cc(F)cc(-c2cncc3[nH]c(-c4n[nH]c5cnc(-c6ccccn6)cc45)cc23)c1. The molecular formula is C28H25FN8. The van der Waals surface area contributed by atoms with Crippen LogP contribution in [0.25, 0.3) is 55.7 Å². The molecule has 0 amide bonds. The maximum Gasteiger partial charge on any atom is 0.125 e. The van der Waals surface area contributed by atoms with Gasteiger partial charge in [-0.05, 0) is 62.1 Å². The minimum Gasteiger partial charge on any atom is -0.384 e. The molecule has 0 saturated heterocycles. The number of nitrogens with one attached hydrogen (secondary N) is 3. The normalized spacial score (nSPS) is 11.6. The minimum atomic E-state index is -0.300. The Labute approximate surface area is 212 Å². The zero-order chi connectivity index (χ0) is 25.4. The van der Waals surface area contributed by atoms with Gasteiger partial charge < -0.3 is 15.2 Å². The van der Waals surface area contributed by atoms with E-state index < -0.39 is 0 Å². The highest BCUT2D eigenvalue weighted by atomic mass is 19.1. The van der Waals surface area contributed by atoms with E-state index in [4.69, 9.17) is 0 Å². The van der Waals surface area contributed by atoms with Gasteiger partial charge in [-0.3, -0.25) is 20.1 Å². The zero-order valence-corrected chi connectivity index (χ0v) is 20.5. The lowest BCUT2D eigenvalue weighted by molar-refractivity contribution is 0.425. The standard InChI is InChI=1S/C28H25FN8/c1-37(2)8-7-31-19-10-17(9-18(29)11-19)22-14-30-15-26-20(22)12-25(34-26)28-21-13-24(23-5-3-4-6-32-23)33-16-27(21)35-36-28/h3-6,9-16,31,34H,7-8H2,1-2H3,(H,35,36). The molecule has 0 aliphatic carbocycles. The van der Waals surface area contributed by atoms with Crippen LogP contribution in [0.15, 0.2) is 73.3 Å². The van der Waals surface area contributed by atoms with Crippen molar-refractivity contribution in [1.29, 1.82) is 0 Å². The average Bonchev–Trinajstić information content (AvgIpc) is 3.52. The van der Waals surface area contributed by atoms with Crippen molar-refractivity contribution in [3.05, 3.63) is 79.1 Å². The smallest absolute Gasteiger partial charge is 0.125 e. The van der Waals surface area contributed by atoms with E-state index in [1.54, 1.807) is 24.8 Å². The number of hydrogen-bond acceptors (Lipinski definition) is 6. The molecule has 184 valence electrons. The first-order chi connectivity index (χ1) is 18.0. The molecule has 0 aliphatic rings. The molecule has 0 bridgehead atoms. The van der Waals surface area contributed by atoms with E-state index in [9.17, 15) is 4.39 Å². The van der Waals surface area contributed by atoms with Gasteiger partial charge in [0.25, 0.3) is 0 Å². The summed E-state index contributed by atoms with van der Waals surface area (Å²) >= 11 is 0. The van der Waals surface area contributed by atoms with Crippen LogP contribution in [0.2, 0.25) is 0 Å². The molecule has 0 fully saturated rings. The number of fused-ring (bicyclic) bond motifs is 2. The highest BCUT2D eigenvalue weighted by Crippen LogP contribution is 2.35. The highest BCUT2D eigenvalue weighted by molar-refractivity contribution is 6.01. The summed E-state index contributed by atoms with van der Waals surface area (Å²) in [5, 5.41) is 12.8. The number of benzene rings is 1. The molecule has 6 aromatic rings. The van der Waals surface area contributed by atoms with E-state index in [1.807, 2.05) is 50.5 Å². The Morgan fingerprint density at radius 2 is 1.84 bits per heavy atom. The summed E-state index contributed by atoms with van der Waals surface area (Å²) in [5.41, 5.74) is 7.15. The van der Waals surface area contributed by atoms with Crippen molar-refractivity contribution >= 4 is 27.5 Å². The van der Waals surface area contributed by atoms with Crippen LogP contribution in [0.3, 0.4) is 0 Å². The number of pyridine rings is 3. The van der Waals surface area contributed by atoms with E-state index in [-0.39, 0.29) is 5.82 Å². The Morgan fingerprint density at radius 1 is 0.919 bits per heavy atom. The molecule has 0 saturated carbocycles. The van der Waals surface area contributed by atoms with Crippen LogP contribution in [0.4, 0.5) is 10.1 Å². The Kier molecular flexibility index (Phi) is 5.82. The summed E-state index contributed by atoms with van der Waals surface area (Å²) < 4.78 is 14.6. The molecule has 8 nitrogen and oxygen atoms in total. The van der Waals surface area contributed by atoms with Crippen molar-refractivity contribution in [2.24, 2.45) is 0 Å². The van der Waals surface area contributed by atoms with Crippen molar-refractivity contribution in [3.63, 3.8) is 0 Å². The Morgan fingerprint density at radius 3 is 2.68 bits per heavy atom. The molecule has 0 spiro atoms. The molecule has 1 aromatic carbocycles. The van der Waals surface area contributed by atoms with E-state index >= 15 is 0 Å². The quantitative estimate of drug-likeness (QED) is 0.278. The molecule has 0 radical (unpaired) electrons. The fourth-order valence-corrected chi connectivity index (χ4v) is 4.46. The van der Waals surface area contributed by atoms with Crippen molar-refractivity contribution < 1.29 is 4.39 Å². The number of aromatic amines is 2. The highest BCUT2D eigenvalue weighted by Gasteiger charge is 2.16. The molecule has 6 rings (SSSR count). The van der Waals surface area contributed by atoms with Gasteiger partial charge in [0.2, 0.25) is 0 Å². The summed E-state index contributed by atoms with van der Waals surface area (Å²) in [6.07, 6.45) is 7.06. The third kappa shape index (κ3) is 4.52. The molecule has 5 aromatic heterocycles. The number of H-pyrrole nitrogens is 2. The lowest BCUT2D eigenvalue weighted by atomic mass is 10.0. The van der Waals surface area contributed by atoms with Crippen molar-refractivity contribution in [3.8, 4) is 33.9 Å². The van der Waals surface area contributed by atoms with Crippen LogP contribution < -0.4 is 5.32 Å². The Bertz CT molecular complexity index is 1700. The Balaban J connectivity index is 1.41. The van der Waals surface area contributed by atoms with Crippen LogP contribution in [-0.4, -0.2) is 62.2 Å². The number of anilines is 1. The number of rotatable bonds is 7. The molecule has 0 unspecified atom stereocenters. The van der Waals surface area contributed by atoms with Crippen molar-refractivity contribution in [1.82, 2.24) is 35.0 Å². The predicted octanol–water partition coefficient (Wildman–Crippen LogP) is 5.34. The van der Waals surface area contributed by atoms with E-state index in [0.29, 0.717) is 6.54 Å². The molecule has 0 atom stereocenters. The lowest BCUT2D eigenvalue weighted by Gasteiger charge is -2.13. The minimum absolute atomic E-state index is 0.300. The van der Waals surface area contributed by atoms with Gasteiger partial charge in [0.1, 0.15) is 11.5 Å². The van der Waals surface area contributed by atoms with Gasteiger partial charge in [-0.2, -0.15) is 5.10 Å². The molecule has 5 heterocycles. The largest absolute Gasteiger partial charge is 0.384 e. The summed E-state index contributed by atoms with van der Waals surface area (Å²) in [7, 11) is 4.01. The lowest BCUT2D eigenvalue weighted by Crippen LogP contribution is -2.20. The first kappa shape index (κ1) is 22.8. The summed E-state index contributed by atoms with van der Waals surface area (Å²) in [6.45, 7) is 1.56. The van der Waals surface area contributed by atoms with Crippen LogP contribution in [0.5, 0.6) is 0 Å². The Hall–Kier alpha value is -4.63. The van der Waals surface area contributed by atoms with Crippen molar-refractivity contribution in [2.75, 3.05) is 32.5 Å². The van der Waals surface area contributed by atoms with Crippen molar-refractivity contribution in [2.45, 2.75) is 0 Å². The fourth-order valence-electron chi connectivity index (χ4n) is 4.46. The van der Waals surface area contributed by atoms with Gasteiger partial charge in [0.05, 0.1) is 40.5 Å². The molecule has 3 N–H and O–H groups in total. The van der Waals surface area contributed by atoms with Gasteiger partial charge in [0.15, 0.2) is 0 Å². The van der Waals surface area contributed by atoms with Crippen LogP contribution in [0, 0.1) is 5.82 Å². The predicted molar refractivity (Wildman–Crippen MR) is 145 cm³/mol. The number of likely N-dealkylation sites (N-methyl/N-ethyl adjacent to an activating group) is 1. The van der Waals surface area contributed by atoms with Gasteiger partial charge in [-0.1, -0.05) is 6.07 Å². The van der Waals surface area contributed by atoms with E-state index in [0.717, 1.165) is 67.9 Å². The number of aromatic nitrogens is 6. The number of hydrogen-bond donors (Lipinski definition) is 3. The second kappa shape index (κ2) is 9.44. The zero-order valence-electron chi connectivity index (χ0n) is 20.5. The average molecular weight is 493 g/mol. The molecule has 9 heteroatoms. The maximum absolute atomic E-state index is 14.6. The topological polar surface area (TPSA) is 98.4 Å². The summed E-state index contributed by atoms with van der Waals surface area (Å²) in [4.78, 5) is 18.9. The summed E-state index contributed by atoms with van der Waals surface area (Å²) in [6, 6.07) is 14.8. The fraction of sp³-hybridized carbons (Fsp3) is 0.143. The summed E-state index contributed by atoms with van der Waals surface area (Å²) in [5.74, 6) is -0.300. The van der Waals surface area contributed by atoms with Gasteiger partial charge in [-0.25, -0.2) is 4.39 Å². The van der Waals surface area contributed by atoms with E-state index in [2.05, 4.69) is 40.3 Å². The third-order valence-corrected chi connectivity index (χ3v) is 6.27. The molecule has 37 heavy (non-hydrogen) atoms. The number of halogens is 1. The number of nitrogens with zero attached hydrogens (tertiary/aromatic N) is 5. The van der Waals surface area contributed by atoms with E-state index in [1.165, 1.54) is 12.1 Å². The van der Waals surface area contributed by atoms with Gasteiger partial charge >= 0.3 is 0 Å². The first-order valence-corrected chi connectivity index (χ1v) is 12.0. The van der Waals surface area contributed by atoms with Crippen LogP contribution in [0.1, 0.15) is 0 Å². The third-order valence-electron chi connectivity index (χ3n) is 6.27. The van der Waals surface area contributed by atoms with Gasteiger partial charge in [-0.15, -0.1) is 0 Å². The second-order valence-corrected chi connectivity index (χ2v) is 9.19. The van der Waals surface area contributed by atoms with Gasteiger partial charge in [0, 0.05) is 47.5 Å². The maximum atomic E-state index is 14.6. The van der Waals surface area contributed by atoms with Crippen LogP contribution >= 0.6 is 0 Å². The first-order valence-electron chi connectivity index (χ1n) is 12.0.